The molecule has 19 heavy (non-hydrogen) atoms. The summed E-state index contributed by atoms with van der Waals surface area (Å²) in [5.74, 6) is -0.828. The number of hydrogen-bond donors (Lipinski definition) is 1. The first-order valence-electron chi connectivity index (χ1n) is 6.75. The number of nitrogens with zero attached hydrogens (tertiary/aromatic N) is 2. The molecule has 0 aromatic carbocycles. The van der Waals surface area contributed by atoms with Crippen molar-refractivity contribution in [2.24, 2.45) is 5.41 Å². The van der Waals surface area contributed by atoms with Crippen LogP contribution >= 0.6 is 0 Å². The summed E-state index contributed by atoms with van der Waals surface area (Å²) in [7, 11) is 3.95. The zero-order valence-corrected chi connectivity index (χ0v) is 13.1. The van der Waals surface area contributed by atoms with Crippen molar-refractivity contribution in [2.75, 3.05) is 27.2 Å². The number of amides is 1. The molecule has 5 heteroatoms. The highest BCUT2D eigenvalue weighted by Crippen LogP contribution is 2.26. The van der Waals surface area contributed by atoms with Crippen molar-refractivity contribution in [3.8, 4) is 0 Å². The lowest BCUT2D eigenvalue weighted by molar-refractivity contribution is -0.141. The largest absolute Gasteiger partial charge is 0.481 e. The molecule has 0 aliphatic carbocycles. The highest BCUT2D eigenvalue weighted by Gasteiger charge is 2.29. The molecule has 0 heterocycles. The number of hydrogen-bond acceptors (Lipinski definition) is 3. The molecule has 0 aliphatic heterocycles. The second-order valence-corrected chi connectivity index (χ2v) is 6.20. The third-order valence-electron chi connectivity index (χ3n) is 3.08. The van der Waals surface area contributed by atoms with Crippen LogP contribution in [0.4, 0.5) is 0 Å². The van der Waals surface area contributed by atoms with Crippen LogP contribution < -0.4 is 0 Å². The van der Waals surface area contributed by atoms with E-state index in [2.05, 4.69) is 0 Å². The summed E-state index contributed by atoms with van der Waals surface area (Å²) < 4.78 is 0. The van der Waals surface area contributed by atoms with E-state index in [0.717, 1.165) is 6.54 Å². The smallest absolute Gasteiger partial charge is 0.303 e. The number of aliphatic carboxylic acids is 1. The molecular weight excluding hydrogens is 244 g/mol. The van der Waals surface area contributed by atoms with Gasteiger partial charge in [-0.2, -0.15) is 0 Å². The molecule has 1 amide bonds. The second kappa shape index (κ2) is 7.48. The fraction of sp³-hybridized carbons (Fsp3) is 0.857. The Bertz CT molecular complexity index is 314. The molecule has 0 aromatic heterocycles. The van der Waals surface area contributed by atoms with Gasteiger partial charge in [0.15, 0.2) is 0 Å². The fourth-order valence-electron chi connectivity index (χ4n) is 2.34. The molecule has 0 aromatic rings. The Morgan fingerprint density at radius 1 is 1.21 bits per heavy atom. The van der Waals surface area contributed by atoms with Gasteiger partial charge < -0.3 is 14.9 Å². The maximum atomic E-state index is 12.3. The van der Waals surface area contributed by atoms with Crippen molar-refractivity contribution < 1.29 is 14.7 Å². The van der Waals surface area contributed by atoms with E-state index in [4.69, 9.17) is 5.11 Å². The average molecular weight is 272 g/mol. The van der Waals surface area contributed by atoms with E-state index >= 15 is 0 Å². The molecule has 0 saturated heterocycles. The molecule has 1 atom stereocenters. The first-order chi connectivity index (χ1) is 8.59. The molecule has 0 saturated carbocycles. The molecule has 0 aliphatic rings. The van der Waals surface area contributed by atoms with Crippen molar-refractivity contribution in [1.82, 2.24) is 9.80 Å². The van der Waals surface area contributed by atoms with Crippen LogP contribution in [-0.2, 0) is 9.59 Å². The minimum absolute atomic E-state index is 0.0123. The van der Waals surface area contributed by atoms with Gasteiger partial charge in [-0.15, -0.1) is 0 Å². The van der Waals surface area contributed by atoms with Crippen molar-refractivity contribution >= 4 is 11.9 Å². The van der Waals surface area contributed by atoms with Gasteiger partial charge in [0.2, 0.25) is 5.91 Å². The van der Waals surface area contributed by atoms with Gasteiger partial charge in [-0.05, 0) is 33.4 Å². The summed E-state index contributed by atoms with van der Waals surface area (Å²) >= 11 is 0. The van der Waals surface area contributed by atoms with Crippen LogP contribution in [0.1, 0.15) is 40.5 Å². The van der Waals surface area contributed by atoms with E-state index in [9.17, 15) is 9.59 Å². The predicted octanol–water partition coefficient (Wildman–Crippen LogP) is 1.68. The Balaban J connectivity index is 4.63. The van der Waals surface area contributed by atoms with Gasteiger partial charge in [0.05, 0.1) is 6.42 Å². The first-order valence-corrected chi connectivity index (χ1v) is 6.75. The fourth-order valence-corrected chi connectivity index (χ4v) is 2.34. The number of carbonyl (C=O) groups is 2. The first kappa shape index (κ1) is 17.9. The predicted molar refractivity (Wildman–Crippen MR) is 76.1 cm³/mol. The Morgan fingerprint density at radius 2 is 1.74 bits per heavy atom. The summed E-state index contributed by atoms with van der Waals surface area (Å²) in [6, 6.07) is 0.133. The summed E-state index contributed by atoms with van der Waals surface area (Å²) in [6.45, 7) is 9.07. The normalized spacial score (nSPS) is 13.4. The highest BCUT2D eigenvalue weighted by atomic mass is 16.4. The lowest BCUT2D eigenvalue weighted by Gasteiger charge is -2.33. The van der Waals surface area contributed by atoms with Crippen LogP contribution in [0, 0.1) is 5.41 Å². The quantitative estimate of drug-likeness (QED) is 0.730. The molecule has 1 unspecified atom stereocenters. The average Bonchev–Trinajstić information content (AvgIpc) is 2.13. The minimum atomic E-state index is -0.859. The van der Waals surface area contributed by atoms with Crippen LogP contribution in [0.25, 0.3) is 0 Å². The zero-order valence-electron chi connectivity index (χ0n) is 13.1. The molecule has 0 radical (unpaired) electrons. The standard InChI is InChI=1S/C14H28N2O3/c1-7-16(11(2)10-15(5)6)12(17)8-14(3,4)9-13(18)19/h11H,7-10H2,1-6H3,(H,18,19). The van der Waals surface area contributed by atoms with Gasteiger partial charge in [0.25, 0.3) is 0 Å². The van der Waals surface area contributed by atoms with E-state index in [1.54, 1.807) is 0 Å². The third kappa shape index (κ3) is 7.15. The summed E-state index contributed by atoms with van der Waals surface area (Å²) in [5.41, 5.74) is -0.506. The van der Waals surface area contributed by atoms with Gasteiger partial charge in [-0.1, -0.05) is 13.8 Å². The number of likely N-dealkylation sites (N-methyl/N-ethyl adjacent to an activating group) is 2. The van der Waals surface area contributed by atoms with Crippen LogP contribution in [0.2, 0.25) is 0 Å². The number of carbonyl (C=O) groups excluding carboxylic acids is 1. The van der Waals surface area contributed by atoms with Gasteiger partial charge in [-0.25, -0.2) is 0 Å². The van der Waals surface area contributed by atoms with E-state index in [0.29, 0.717) is 6.54 Å². The van der Waals surface area contributed by atoms with E-state index < -0.39 is 11.4 Å². The van der Waals surface area contributed by atoms with Gasteiger partial charge >= 0.3 is 5.97 Å². The Hall–Kier alpha value is -1.10. The van der Waals surface area contributed by atoms with E-state index in [1.807, 2.05) is 51.6 Å². The molecule has 1 N–H and O–H groups in total. The van der Waals surface area contributed by atoms with E-state index in [1.165, 1.54) is 0 Å². The van der Waals surface area contributed by atoms with Gasteiger partial charge in [0, 0.05) is 25.6 Å². The van der Waals surface area contributed by atoms with E-state index in [-0.39, 0.29) is 24.8 Å². The molecule has 0 fully saturated rings. The molecule has 112 valence electrons. The number of carboxylic acids is 1. The Morgan fingerprint density at radius 3 is 2.11 bits per heavy atom. The van der Waals surface area contributed by atoms with Crippen LogP contribution in [0.15, 0.2) is 0 Å². The highest BCUT2D eigenvalue weighted by molar-refractivity contribution is 5.78. The topological polar surface area (TPSA) is 60.9 Å². The third-order valence-corrected chi connectivity index (χ3v) is 3.08. The molecule has 0 spiro atoms. The molecular formula is C14H28N2O3. The van der Waals surface area contributed by atoms with Gasteiger partial charge in [-0.3, -0.25) is 9.59 Å². The number of rotatable bonds is 8. The second-order valence-electron chi connectivity index (χ2n) is 6.20. The van der Waals surface area contributed by atoms with Crippen LogP contribution in [0.3, 0.4) is 0 Å². The van der Waals surface area contributed by atoms with Crippen molar-refractivity contribution in [2.45, 2.75) is 46.6 Å². The van der Waals surface area contributed by atoms with Gasteiger partial charge in [0.1, 0.15) is 0 Å². The van der Waals surface area contributed by atoms with Crippen LogP contribution in [0.5, 0.6) is 0 Å². The van der Waals surface area contributed by atoms with Crippen molar-refractivity contribution in [1.29, 1.82) is 0 Å². The Labute approximate surface area is 116 Å². The van der Waals surface area contributed by atoms with Crippen LogP contribution in [-0.4, -0.2) is 60.0 Å². The molecule has 0 bridgehead atoms. The number of carboxylic acid groups (broad SMARTS) is 1. The summed E-state index contributed by atoms with van der Waals surface area (Å²) in [4.78, 5) is 27.0. The minimum Gasteiger partial charge on any atom is -0.481 e. The lowest BCUT2D eigenvalue weighted by atomic mass is 9.85. The molecule has 5 nitrogen and oxygen atoms in total. The summed E-state index contributed by atoms with van der Waals surface area (Å²) in [6.07, 6.45) is 0.281. The lowest BCUT2D eigenvalue weighted by Crippen LogP contribution is -2.45. The monoisotopic (exact) mass is 272 g/mol. The van der Waals surface area contributed by atoms with Crippen molar-refractivity contribution in [3.63, 3.8) is 0 Å². The van der Waals surface area contributed by atoms with Crippen molar-refractivity contribution in [3.05, 3.63) is 0 Å². The SMILES string of the molecule is CCN(C(=O)CC(C)(C)CC(=O)O)C(C)CN(C)C. The Kier molecular flexibility index (Phi) is 7.05. The summed E-state index contributed by atoms with van der Waals surface area (Å²) in [5, 5.41) is 8.85. The zero-order chi connectivity index (χ0) is 15.2. The maximum Gasteiger partial charge on any atom is 0.303 e. The maximum absolute atomic E-state index is 12.3. The molecule has 0 rings (SSSR count).